The van der Waals surface area contributed by atoms with Gasteiger partial charge in [-0.25, -0.2) is 0 Å². The van der Waals surface area contributed by atoms with Crippen LogP contribution in [0.4, 0.5) is 11.4 Å². The number of benzene rings is 4. The van der Waals surface area contributed by atoms with Crippen molar-refractivity contribution >= 4 is 51.0 Å². The first-order chi connectivity index (χ1) is 13.6. The molecule has 3 nitrogen and oxygen atoms in total. The van der Waals surface area contributed by atoms with Gasteiger partial charge in [0.25, 0.3) is 0 Å². The highest BCUT2D eigenvalue weighted by Gasteiger charge is 2.18. The molecule has 4 aromatic carbocycles. The van der Waals surface area contributed by atoms with E-state index in [2.05, 4.69) is 72.8 Å². The Hall–Kier alpha value is -3.59. The van der Waals surface area contributed by atoms with Gasteiger partial charge >= 0.3 is 0 Å². The quantitative estimate of drug-likeness (QED) is 0.309. The number of nitrogens with zero attached hydrogens (tertiary/aromatic N) is 2. The fourth-order valence-electron chi connectivity index (χ4n) is 4.04. The summed E-state index contributed by atoms with van der Waals surface area (Å²) >= 11 is 0. The van der Waals surface area contributed by atoms with Crippen molar-refractivity contribution in [2.75, 3.05) is 23.9 Å². The normalized spacial score (nSPS) is 11.9. The van der Waals surface area contributed by atoms with E-state index in [1.165, 1.54) is 32.7 Å². The molecular weight excluding hydrogens is 342 g/mol. The van der Waals surface area contributed by atoms with Gasteiger partial charge in [-0.3, -0.25) is 5.41 Å². The highest BCUT2D eigenvalue weighted by atomic mass is 15.3. The molecular formula is C25H21N3. The van der Waals surface area contributed by atoms with Gasteiger partial charge in [0.1, 0.15) is 0 Å². The van der Waals surface area contributed by atoms with Crippen LogP contribution < -0.4 is 9.80 Å². The molecule has 1 aliphatic rings. The lowest BCUT2D eigenvalue weighted by molar-refractivity contribution is 1.12. The molecule has 0 fully saturated rings. The van der Waals surface area contributed by atoms with Crippen LogP contribution in [-0.4, -0.2) is 20.1 Å². The van der Waals surface area contributed by atoms with Crippen LogP contribution >= 0.6 is 0 Å². The maximum absolute atomic E-state index is 8.82. The summed E-state index contributed by atoms with van der Waals surface area (Å²) in [5.41, 5.74) is 4.54. The molecule has 0 saturated heterocycles. The van der Waals surface area contributed by atoms with Gasteiger partial charge in [-0.2, -0.15) is 0 Å². The van der Waals surface area contributed by atoms with E-state index < -0.39 is 0 Å². The Labute approximate surface area is 164 Å². The molecule has 0 atom stereocenters. The van der Waals surface area contributed by atoms with Crippen molar-refractivity contribution in [3.63, 3.8) is 0 Å². The molecule has 0 bridgehead atoms. The molecule has 5 rings (SSSR count). The molecule has 0 saturated carbocycles. The first-order valence-corrected chi connectivity index (χ1v) is 9.42. The van der Waals surface area contributed by atoms with Crippen LogP contribution in [0.15, 0.2) is 72.8 Å². The van der Waals surface area contributed by atoms with Crippen LogP contribution in [0, 0.1) is 5.41 Å². The fourth-order valence-corrected chi connectivity index (χ4v) is 4.04. The minimum absolute atomic E-state index is 0.432. The standard InChI is InChI=1S/C25H21N3/c1-27(21-14-12-17-6-3-4-7-20(17)16-21)25(26)28(2)23-15-13-19-11-10-18-8-5-9-22(23)24(18)19/h3-16,26H,1-2H3. The zero-order chi connectivity index (χ0) is 19.3. The number of rotatable bonds is 2. The van der Waals surface area contributed by atoms with Crippen molar-refractivity contribution in [3.8, 4) is 0 Å². The molecule has 136 valence electrons. The first-order valence-electron chi connectivity index (χ1n) is 9.42. The molecule has 0 heterocycles. The average molecular weight is 363 g/mol. The van der Waals surface area contributed by atoms with E-state index in [4.69, 9.17) is 5.41 Å². The van der Waals surface area contributed by atoms with Gasteiger partial charge in [0.2, 0.25) is 5.96 Å². The maximum atomic E-state index is 8.82. The zero-order valence-electron chi connectivity index (χ0n) is 16.0. The summed E-state index contributed by atoms with van der Waals surface area (Å²) in [5.74, 6) is 0.432. The lowest BCUT2D eigenvalue weighted by Crippen LogP contribution is -2.39. The summed E-state index contributed by atoms with van der Waals surface area (Å²) in [6, 6.07) is 25.3. The summed E-state index contributed by atoms with van der Waals surface area (Å²) in [6.45, 7) is 0. The van der Waals surface area contributed by atoms with Gasteiger partial charge in [-0.1, -0.05) is 66.7 Å². The number of nitrogens with one attached hydrogen (secondary N) is 1. The fraction of sp³-hybridized carbons (Fsp3) is 0.0800. The summed E-state index contributed by atoms with van der Waals surface area (Å²) < 4.78 is 0. The summed E-state index contributed by atoms with van der Waals surface area (Å²) in [4.78, 5) is 3.88. The minimum atomic E-state index is 0.432. The Morgan fingerprint density at radius 2 is 1.46 bits per heavy atom. The Kier molecular flexibility index (Phi) is 3.69. The third-order valence-electron chi connectivity index (χ3n) is 5.64. The van der Waals surface area contributed by atoms with Gasteiger partial charge in [0.15, 0.2) is 0 Å². The van der Waals surface area contributed by atoms with Gasteiger partial charge in [-0.15, -0.1) is 0 Å². The Bertz CT molecular complexity index is 1260. The van der Waals surface area contributed by atoms with Crippen molar-refractivity contribution in [2.45, 2.75) is 0 Å². The lowest BCUT2D eigenvalue weighted by Gasteiger charge is -2.29. The van der Waals surface area contributed by atoms with Crippen LogP contribution in [-0.2, 0) is 0 Å². The second-order valence-electron chi connectivity index (χ2n) is 7.25. The predicted octanol–water partition coefficient (Wildman–Crippen LogP) is 5.98. The van der Waals surface area contributed by atoms with Crippen LogP contribution in [0.1, 0.15) is 11.1 Å². The molecule has 1 N–H and O–H groups in total. The van der Waals surface area contributed by atoms with E-state index in [-0.39, 0.29) is 0 Å². The van der Waals surface area contributed by atoms with E-state index in [1.807, 2.05) is 36.0 Å². The zero-order valence-corrected chi connectivity index (χ0v) is 16.0. The Balaban J connectivity index is 1.52. The molecule has 3 heteroatoms. The van der Waals surface area contributed by atoms with Crippen LogP contribution in [0.3, 0.4) is 0 Å². The predicted molar refractivity (Wildman–Crippen MR) is 121 cm³/mol. The Morgan fingerprint density at radius 1 is 0.714 bits per heavy atom. The molecule has 0 aliphatic heterocycles. The lowest BCUT2D eigenvalue weighted by atomic mass is 10.0. The maximum Gasteiger partial charge on any atom is 0.202 e. The van der Waals surface area contributed by atoms with Gasteiger partial charge < -0.3 is 9.80 Å². The largest absolute Gasteiger partial charge is 0.316 e. The molecule has 0 spiro atoms. The monoisotopic (exact) mass is 363 g/mol. The van der Waals surface area contributed by atoms with Crippen molar-refractivity contribution in [1.82, 2.24) is 0 Å². The minimum Gasteiger partial charge on any atom is -0.316 e. The summed E-state index contributed by atoms with van der Waals surface area (Å²) in [5, 5.41) is 13.7. The third kappa shape index (κ3) is 2.48. The van der Waals surface area contributed by atoms with Crippen molar-refractivity contribution < 1.29 is 0 Å². The van der Waals surface area contributed by atoms with E-state index >= 15 is 0 Å². The second-order valence-corrected chi connectivity index (χ2v) is 7.25. The Morgan fingerprint density at radius 3 is 2.29 bits per heavy atom. The summed E-state index contributed by atoms with van der Waals surface area (Å²) in [6.07, 6.45) is 4.32. The van der Waals surface area contributed by atoms with Crippen molar-refractivity contribution in [2.24, 2.45) is 0 Å². The highest BCUT2D eigenvalue weighted by Crippen LogP contribution is 2.37. The molecule has 0 amide bonds. The molecule has 0 unspecified atom stereocenters. The van der Waals surface area contributed by atoms with E-state index in [0.29, 0.717) is 5.96 Å². The summed E-state index contributed by atoms with van der Waals surface area (Å²) in [7, 11) is 3.91. The molecule has 0 radical (unpaired) electrons. The van der Waals surface area contributed by atoms with Crippen LogP contribution in [0.2, 0.25) is 0 Å². The van der Waals surface area contributed by atoms with Gasteiger partial charge in [0, 0.05) is 25.2 Å². The van der Waals surface area contributed by atoms with E-state index in [9.17, 15) is 0 Å². The SMILES string of the molecule is CN(C(=N)N(C)c1ccc2c3c(cccc13)C=C2)c1ccc2ccccc2c1. The number of hydrogen-bond acceptors (Lipinski definition) is 1. The topological polar surface area (TPSA) is 30.3 Å². The average Bonchev–Trinajstić information content (AvgIpc) is 3.17. The van der Waals surface area contributed by atoms with Crippen molar-refractivity contribution in [1.29, 1.82) is 5.41 Å². The smallest absolute Gasteiger partial charge is 0.202 e. The number of fused-ring (bicyclic) bond motifs is 1. The van der Waals surface area contributed by atoms with E-state index in [0.717, 1.165) is 11.4 Å². The molecule has 1 aliphatic carbocycles. The van der Waals surface area contributed by atoms with Gasteiger partial charge in [0.05, 0.1) is 5.69 Å². The van der Waals surface area contributed by atoms with Gasteiger partial charge in [-0.05, 0) is 45.5 Å². The molecule has 0 aromatic heterocycles. The molecule has 4 aromatic rings. The van der Waals surface area contributed by atoms with E-state index in [1.54, 1.807) is 0 Å². The number of guanidine groups is 1. The van der Waals surface area contributed by atoms with Crippen LogP contribution in [0.5, 0.6) is 0 Å². The molecule has 28 heavy (non-hydrogen) atoms. The second kappa shape index (κ2) is 6.24. The highest BCUT2D eigenvalue weighted by molar-refractivity contribution is 6.14. The van der Waals surface area contributed by atoms with Crippen LogP contribution in [0.25, 0.3) is 33.7 Å². The van der Waals surface area contributed by atoms with Crippen molar-refractivity contribution in [3.05, 3.63) is 83.9 Å². The number of hydrogen-bond donors (Lipinski definition) is 1. The third-order valence-corrected chi connectivity index (χ3v) is 5.64. The first kappa shape index (κ1) is 16.6. The number of anilines is 2.